The molecule has 0 aromatic heterocycles. The van der Waals surface area contributed by atoms with Crippen molar-refractivity contribution in [2.75, 3.05) is 20.6 Å². The van der Waals surface area contributed by atoms with Crippen molar-refractivity contribution >= 4 is 23.9 Å². The van der Waals surface area contributed by atoms with Gasteiger partial charge in [0.25, 0.3) is 0 Å². The summed E-state index contributed by atoms with van der Waals surface area (Å²) in [4.78, 5) is 50.0. The fraction of sp³-hybridized carbons (Fsp3) is 0.590. The van der Waals surface area contributed by atoms with Crippen molar-refractivity contribution in [3.63, 3.8) is 0 Å². The molecule has 0 spiro atoms. The van der Waals surface area contributed by atoms with E-state index in [1.165, 1.54) is 11.1 Å². The first-order valence-electron chi connectivity index (χ1n) is 17.5. The highest BCUT2D eigenvalue weighted by Crippen LogP contribution is 2.32. The van der Waals surface area contributed by atoms with Crippen LogP contribution in [-0.2, 0) is 27.3 Å². The Morgan fingerprint density at radius 1 is 1.02 bits per heavy atom. The third-order valence-corrected chi connectivity index (χ3v) is 9.86. The summed E-state index contributed by atoms with van der Waals surface area (Å²) in [5.41, 5.74) is 5.55. The van der Waals surface area contributed by atoms with E-state index in [1.807, 2.05) is 50.2 Å². The molecule has 7 nitrogen and oxygen atoms in total. The highest BCUT2D eigenvalue weighted by molar-refractivity contribution is 5.92. The summed E-state index contributed by atoms with van der Waals surface area (Å²) in [7, 11) is 3.65. The highest BCUT2D eigenvalue weighted by Gasteiger charge is 2.43. The summed E-state index contributed by atoms with van der Waals surface area (Å²) < 4.78 is 0. The molecule has 3 amide bonds. The number of benzene rings is 2. The molecule has 0 saturated carbocycles. The molecule has 2 aromatic carbocycles. The quantitative estimate of drug-likeness (QED) is 0.205. The molecule has 46 heavy (non-hydrogen) atoms. The van der Waals surface area contributed by atoms with Crippen molar-refractivity contribution in [2.24, 2.45) is 22.7 Å². The molecule has 7 heteroatoms. The van der Waals surface area contributed by atoms with Crippen LogP contribution < -0.4 is 5.32 Å². The molecule has 1 aliphatic heterocycles. The molecule has 252 valence electrons. The van der Waals surface area contributed by atoms with Crippen LogP contribution in [0.4, 0.5) is 0 Å². The number of hydrogen-bond donors (Lipinski definition) is 1. The lowest BCUT2D eigenvalue weighted by molar-refractivity contribution is -0.148. The van der Waals surface area contributed by atoms with Gasteiger partial charge in [0.15, 0.2) is 0 Å². The number of nitrogens with one attached hydrogen (secondary N) is 1. The third kappa shape index (κ3) is 9.76. The van der Waals surface area contributed by atoms with Crippen LogP contribution in [0, 0.1) is 31.6 Å². The normalized spacial score (nSPS) is 18.4. The van der Waals surface area contributed by atoms with Gasteiger partial charge in [-0.25, -0.2) is 0 Å². The molecule has 1 N–H and O–H groups in total. The van der Waals surface area contributed by atoms with Crippen LogP contribution >= 0.6 is 0 Å². The SMILES string of the molecule is CCCC[C@H](C(=O)N(C)C(CC)CCC)[C@@H](C)C(=O)N1C[C@H](Cc2ccc(C)cc2)CC1C(=O)NCc1ccc(C)c(C=NC)c1. The molecule has 1 saturated heterocycles. The molecule has 0 bridgehead atoms. The summed E-state index contributed by atoms with van der Waals surface area (Å²) in [5.74, 6) is -0.938. The Hall–Kier alpha value is -3.48. The fourth-order valence-corrected chi connectivity index (χ4v) is 6.90. The van der Waals surface area contributed by atoms with Gasteiger partial charge in [-0.15, -0.1) is 0 Å². The highest BCUT2D eigenvalue weighted by atomic mass is 16.2. The summed E-state index contributed by atoms with van der Waals surface area (Å²) in [6.07, 6.45) is 8.58. The predicted octanol–water partition coefficient (Wildman–Crippen LogP) is 6.91. The van der Waals surface area contributed by atoms with Crippen LogP contribution in [-0.4, -0.2) is 66.5 Å². The van der Waals surface area contributed by atoms with Crippen LogP contribution in [0.1, 0.15) is 100 Å². The van der Waals surface area contributed by atoms with E-state index in [0.717, 1.165) is 55.2 Å². The molecule has 1 aliphatic rings. The van der Waals surface area contributed by atoms with E-state index in [2.05, 4.69) is 62.3 Å². The van der Waals surface area contributed by atoms with Crippen LogP contribution in [0.15, 0.2) is 47.5 Å². The van der Waals surface area contributed by atoms with E-state index in [-0.39, 0.29) is 29.7 Å². The van der Waals surface area contributed by atoms with Gasteiger partial charge in [-0.3, -0.25) is 19.4 Å². The molecule has 2 unspecified atom stereocenters. The number of hydrogen-bond acceptors (Lipinski definition) is 4. The van der Waals surface area contributed by atoms with Gasteiger partial charge in [-0.2, -0.15) is 0 Å². The minimum Gasteiger partial charge on any atom is -0.350 e. The minimum absolute atomic E-state index is 0.0526. The summed E-state index contributed by atoms with van der Waals surface area (Å²) >= 11 is 0. The number of aliphatic imine (C=N–C) groups is 1. The average Bonchev–Trinajstić information content (AvgIpc) is 3.48. The number of carbonyl (C=O) groups excluding carboxylic acids is 3. The van der Waals surface area contributed by atoms with Crippen molar-refractivity contribution < 1.29 is 14.4 Å². The first kappa shape index (κ1) is 37.0. The van der Waals surface area contributed by atoms with Crippen LogP contribution in [0.5, 0.6) is 0 Å². The van der Waals surface area contributed by atoms with Crippen molar-refractivity contribution in [3.05, 3.63) is 70.3 Å². The van der Waals surface area contributed by atoms with Gasteiger partial charge in [0.05, 0.1) is 0 Å². The zero-order chi connectivity index (χ0) is 33.8. The number of amides is 3. The Labute approximate surface area is 278 Å². The molecule has 5 atom stereocenters. The summed E-state index contributed by atoms with van der Waals surface area (Å²) in [6, 6.07) is 14.2. The monoisotopic (exact) mass is 630 g/mol. The van der Waals surface area contributed by atoms with Gasteiger partial charge < -0.3 is 15.1 Å². The fourth-order valence-electron chi connectivity index (χ4n) is 6.90. The Bertz CT molecular complexity index is 1320. The molecule has 1 fully saturated rings. The van der Waals surface area contributed by atoms with Gasteiger partial charge in [0.2, 0.25) is 17.7 Å². The topological polar surface area (TPSA) is 82.1 Å². The lowest BCUT2D eigenvalue weighted by Gasteiger charge is -2.35. The number of aryl methyl sites for hydroxylation is 2. The second-order valence-electron chi connectivity index (χ2n) is 13.4. The predicted molar refractivity (Wildman–Crippen MR) is 189 cm³/mol. The second kappa shape index (κ2) is 18.0. The molecular formula is C39H58N4O3. The standard InChI is InChI=1S/C39H58N4O3/c1-9-12-14-35(39(46)42(8)34(11-3)13-10-2)29(6)38(45)43-26-32(21-30-18-15-27(4)16-19-30)23-36(43)37(44)41-24-31-20-17-28(5)33(22-31)25-40-7/h15-20,22,25,29,32,34-36H,9-14,21,23-24,26H2,1-8H3,(H,41,44)/t29-,32-,34?,35+,36?/m1/s1. The maximum Gasteiger partial charge on any atom is 0.243 e. The van der Waals surface area contributed by atoms with Gasteiger partial charge in [-0.1, -0.05) is 88.9 Å². The van der Waals surface area contributed by atoms with Crippen molar-refractivity contribution in [1.82, 2.24) is 15.1 Å². The van der Waals surface area contributed by atoms with E-state index in [1.54, 1.807) is 11.9 Å². The molecule has 3 rings (SSSR count). The third-order valence-electron chi connectivity index (χ3n) is 9.86. The van der Waals surface area contributed by atoms with Gasteiger partial charge >= 0.3 is 0 Å². The largest absolute Gasteiger partial charge is 0.350 e. The maximum absolute atomic E-state index is 14.4. The first-order valence-corrected chi connectivity index (χ1v) is 17.5. The van der Waals surface area contributed by atoms with Crippen LogP contribution in [0.25, 0.3) is 0 Å². The van der Waals surface area contributed by atoms with Gasteiger partial charge in [-0.05, 0) is 80.2 Å². The maximum atomic E-state index is 14.4. The molecule has 0 radical (unpaired) electrons. The van der Waals surface area contributed by atoms with E-state index < -0.39 is 17.9 Å². The Morgan fingerprint density at radius 3 is 2.35 bits per heavy atom. The second-order valence-corrected chi connectivity index (χ2v) is 13.4. The molecule has 1 heterocycles. The average molecular weight is 631 g/mol. The summed E-state index contributed by atoms with van der Waals surface area (Å²) in [6.45, 7) is 13.3. The van der Waals surface area contributed by atoms with Crippen molar-refractivity contribution in [3.8, 4) is 0 Å². The zero-order valence-corrected chi connectivity index (χ0v) is 29.6. The van der Waals surface area contributed by atoms with Crippen LogP contribution in [0.3, 0.4) is 0 Å². The lowest BCUT2D eigenvalue weighted by atomic mass is 9.86. The van der Waals surface area contributed by atoms with E-state index in [0.29, 0.717) is 25.9 Å². The lowest BCUT2D eigenvalue weighted by Crippen LogP contribution is -2.50. The van der Waals surface area contributed by atoms with Gasteiger partial charge in [0, 0.05) is 51.3 Å². The molecular weight excluding hydrogens is 572 g/mol. The Balaban J connectivity index is 1.85. The smallest absolute Gasteiger partial charge is 0.243 e. The number of carbonyl (C=O) groups is 3. The Morgan fingerprint density at radius 2 is 1.72 bits per heavy atom. The van der Waals surface area contributed by atoms with Gasteiger partial charge in [0.1, 0.15) is 6.04 Å². The van der Waals surface area contributed by atoms with Crippen LogP contribution in [0.2, 0.25) is 0 Å². The summed E-state index contributed by atoms with van der Waals surface area (Å²) in [5, 5.41) is 3.13. The zero-order valence-electron chi connectivity index (χ0n) is 29.6. The van der Waals surface area contributed by atoms with E-state index in [4.69, 9.17) is 0 Å². The first-order chi connectivity index (χ1) is 22.0. The number of nitrogens with zero attached hydrogens (tertiary/aromatic N) is 3. The van der Waals surface area contributed by atoms with E-state index >= 15 is 0 Å². The van der Waals surface area contributed by atoms with Crippen molar-refractivity contribution in [2.45, 2.75) is 112 Å². The molecule has 0 aliphatic carbocycles. The molecule has 2 aromatic rings. The van der Waals surface area contributed by atoms with Crippen molar-refractivity contribution in [1.29, 1.82) is 0 Å². The minimum atomic E-state index is -0.573. The van der Waals surface area contributed by atoms with E-state index in [9.17, 15) is 14.4 Å². The Kier molecular flexibility index (Phi) is 14.5. The number of unbranched alkanes of at least 4 members (excludes halogenated alkanes) is 1. The number of likely N-dealkylation sites (tertiary alicyclic amines) is 1. The number of rotatable bonds is 16.